The molecule has 9 aromatic carbocycles. The highest BCUT2D eigenvalue weighted by Gasteiger charge is 2.35. The van der Waals surface area contributed by atoms with Gasteiger partial charge in [-0.25, -0.2) is 0 Å². The van der Waals surface area contributed by atoms with Gasteiger partial charge in [0, 0.05) is 63.1 Å². The first-order valence-electron chi connectivity index (χ1n) is 20.1. The lowest BCUT2D eigenvalue weighted by atomic mass is 9.80. The first-order chi connectivity index (χ1) is 27.9. The summed E-state index contributed by atoms with van der Waals surface area (Å²) >= 11 is 0. The third kappa shape index (κ3) is 4.30. The number of nitrogens with zero attached hydrogens (tertiary/aromatic N) is 2. The van der Waals surface area contributed by atoms with Gasteiger partial charge >= 0.3 is 0 Å². The Hall–Kier alpha value is -6.90. The van der Waals surface area contributed by atoms with Crippen molar-refractivity contribution in [2.75, 3.05) is 0 Å². The van der Waals surface area contributed by atoms with E-state index in [-0.39, 0.29) is 5.41 Å². The summed E-state index contributed by atoms with van der Waals surface area (Å²) in [6.07, 6.45) is 0. The van der Waals surface area contributed by atoms with Gasteiger partial charge in [-0.2, -0.15) is 0 Å². The minimum Gasteiger partial charge on any atom is -0.344 e. The summed E-state index contributed by atoms with van der Waals surface area (Å²) in [7, 11) is 4.38. The standard InChI is InChI=1S/C55H40N2/c1-55(2)46-24-8-5-15-36(46)37-30-29-33(31-47(37)55)52-40-20-11-18-34(38-22-13-27-50-53(38)42-16-6-9-25-48(42)56(50)3)44(40)32-45-35(19-12-21-41(45)52)39-23-14-28-51-54(39)43-17-7-10-26-49(43)57(51)4/h5-32H,1-4H3. The van der Waals surface area contributed by atoms with Crippen LogP contribution in [0.5, 0.6) is 0 Å². The number of hydrogen-bond acceptors (Lipinski definition) is 0. The maximum absolute atomic E-state index is 2.50. The van der Waals surface area contributed by atoms with Crippen molar-refractivity contribution < 1.29 is 0 Å². The van der Waals surface area contributed by atoms with Crippen LogP contribution in [0, 0.1) is 0 Å². The first-order valence-corrected chi connectivity index (χ1v) is 20.1. The Balaban J connectivity index is 1.22. The minimum atomic E-state index is -0.104. The Morgan fingerprint density at radius 2 is 0.772 bits per heavy atom. The second-order valence-electron chi connectivity index (χ2n) is 16.5. The minimum absolute atomic E-state index is 0.104. The molecule has 2 aromatic heterocycles. The van der Waals surface area contributed by atoms with Gasteiger partial charge in [0.15, 0.2) is 0 Å². The molecule has 0 radical (unpaired) electrons. The fourth-order valence-corrected chi connectivity index (χ4v) is 10.7. The Kier molecular flexibility index (Phi) is 6.57. The number of para-hydroxylation sites is 2. The summed E-state index contributed by atoms with van der Waals surface area (Å²) in [6.45, 7) is 4.77. The molecular weight excluding hydrogens is 689 g/mol. The topological polar surface area (TPSA) is 9.86 Å². The lowest BCUT2D eigenvalue weighted by Crippen LogP contribution is -2.14. The fourth-order valence-electron chi connectivity index (χ4n) is 10.7. The number of benzene rings is 9. The zero-order valence-electron chi connectivity index (χ0n) is 32.6. The van der Waals surface area contributed by atoms with Crippen molar-refractivity contribution in [2.24, 2.45) is 14.1 Å². The molecule has 1 aliphatic carbocycles. The van der Waals surface area contributed by atoms with E-state index >= 15 is 0 Å². The molecule has 0 atom stereocenters. The molecule has 0 saturated carbocycles. The van der Waals surface area contributed by atoms with Crippen molar-refractivity contribution in [1.29, 1.82) is 0 Å². The summed E-state index contributed by atoms with van der Waals surface area (Å²) in [5, 5.41) is 10.2. The fraction of sp³-hybridized carbons (Fsp3) is 0.0909. The largest absolute Gasteiger partial charge is 0.344 e. The zero-order chi connectivity index (χ0) is 38.2. The highest BCUT2D eigenvalue weighted by Crippen LogP contribution is 2.52. The number of hydrogen-bond donors (Lipinski definition) is 0. The van der Waals surface area contributed by atoms with Crippen LogP contribution in [-0.4, -0.2) is 9.13 Å². The first kappa shape index (κ1) is 32.4. The smallest absolute Gasteiger partial charge is 0.0495 e. The second-order valence-corrected chi connectivity index (χ2v) is 16.5. The molecule has 0 N–H and O–H groups in total. The number of rotatable bonds is 3. The van der Waals surface area contributed by atoms with Gasteiger partial charge < -0.3 is 9.13 Å². The number of aromatic nitrogens is 2. The van der Waals surface area contributed by atoms with Crippen LogP contribution in [0.1, 0.15) is 25.0 Å². The summed E-state index contributed by atoms with van der Waals surface area (Å²) in [5.74, 6) is 0. The summed E-state index contributed by atoms with van der Waals surface area (Å²) in [5.41, 5.74) is 17.9. The molecule has 1 aliphatic rings. The molecule has 0 fully saturated rings. The Labute approximate surface area is 331 Å². The van der Waals surface area contributed by atoms with E-state index in [1.165, 1.54) is 121 Å². The van der Waals surface area contributed by atoms with Crippen LogP contribution in [0.25, 0.3) is 110 Å². The molecule has 0 saturated heterocycles. The van der Waals surface area contributed by atoms with Gasteiger partial charge in [-0.3, -0.25) is 0 Å². The van der Waals surface area contributed by atoms with Crippen molar-refractivity contribution in [1.82, 2.24) is 9.13 Å². The number of fused-ring (bicyclic) bond motifs is 11. The molecule has 270 valence electrons. The van der Waals surface area contributed by atoms with Crippen molar-refractivity contribution in [2.45, 2.75) is 19.3 Å². The third-order valence-corrected chi connectivity index (χ3v) is 13.4. The van der Waals surface area contributed by atoms with E-state index in [9.17, 15) is 0 Å². The number of aryl methyl sites for hydroxylation is 2. The second kappa shape index (κ2) is 11.6. The predicted molar refractivity (Wildman–Crippen MR) is 243 cm³/mol. The average molecular weight is 729 g/mol. The van der Waals surface area contributed by atoms with E-state index in [1.54, 1.807) is 0 Å². The molecule has 57 heavy (non-hydrogen) atoms. The van der Waals surface area contributed by atoms with Crippen LogP contribution in [0.3, 0.4) is 0 Å². The van der Waals surface area contributed by atoms with Crippen LogP contribution < -0.4 is 0 Å². The summed E-state index contributed by atoms with van der Waals surface area (Å²) in [6, 6.07) is 63.9. The van der Waals surface area contributed by atoms with E-state index in [1.807, 2.05) is 0 Å². The molecule has 11 aromatic rings. The Bertz CT molecular complexity index is 3340. The van der Waals surface area contributed by atoms with E-state index in [4.69, 9.17) is 0 Å². The van der Waals surface area contributed by atoms with Gasteiger partial charge in [-0.05, 0) is 114 Å². The van der Waals surface area contributed by atoms with Gasteiger partial charge in [-0.1, -0.05) is 147 Å². The molecule has 0 aliphatic heterocycles. The predicted octanol–water partition coefficient (Wildman–Crippen LogP) is 14.6. The quantitative estimate of drug-likeness (QED) is 0.160. The van der Waals surface area contributed by atoms with Gasteiger partial charge in [0.25, 0.3) is 0 Å². The zero-order valence-corrected chi connectivity index (χ0v) is 32.6. The van der Waals surface area contributed by atoms with Gasteiger partial charge in [0.05, 0.1) is 0 Å². The van der Waals surface area contributed by atoms with E-state index in [0.29, 0.717) is 0 Å². The lowest BCUT2D eigenvalue weighted by Gasteiger charge is -2.23. The van der Waals surface area contributed by atoms with Crippen LogP contribution in [0.4, 0.5) is 0 Å². The highest BCUT2D eigenvalue weighted by atomic mass is 14.9. The maximum atomic E-state index is 2.50. The van der Waals surface area contributed by atoms with E-state index < -0.39 is 0 Å². The van der Waals surface area contributed by atoms with Crippen LogP contribution >= 0.6 is 0 Å². The lowest BCUT2D eigenvalue weighted by molar-refractivity contribution is 0.660. The normalized spacial score (nSPS) is 13.4. The van der Waals surface area contributed by atoms with Crippen molar-refractivity contribution in [3.8, 4) is 44.5 Å². The molecule has 12 rings (SSSR count). The van der Waals surface area contributed by atoms with Gasteiger partial charge in [-0.15, -0.1) is 0 Å². The molecular formula is C55H40N2. The molecule has 2 heteroatoms. The molecule has 0 spiro atoms. The van der Waals surface area contributed by atoms with Crippen LogP contribution in [-0.2, 0) is 19.5 Å². The maximum Gasteiger partial charge on any atom is 0.0495 e. The SMILES string of the molecule is Cn1c2ccccc2c2c(-c3cccc4c(-c5ccc6c(c5)C(C)(C)c5ccccc5-6)c5cccc(-c6cccc7c6c6ccccc6n7C)c5cc34)cccc21. The molecule has 2 heterocycles. The monoisotopic (exact) mass is 728 g/mol. The average Bonchev–Trinajstić information content (AvgIpc) is 3.81. The van der Waals surface area contributed by atoms with E-state index in [0.717, 1.165) is 0 Å². The summed E-state index contributed by atoms with van der Waals surface area (Å²) in [4.78, 5) is 0. The van der Waals surface area contributed by atoms with Crippen LogP contribution in [0.2, 0.25) is 0 Å². The summed E-state index contributed by atoms with van der Waals surface area (Å²) < 4.78 is 4.68. The van der Waals surface area contributed by atoms with Crippen molar-refractivity contribution in [3.05, 3.63) is 181 Å². The van der Waals surface area contributed by atoms with Gasteiger partial charge in [0.1, 0.15) is 0 Å². The van der Waals surface area contributed by atoms with E-state index in [2.05, 4.69) is 207 Å². The Morgan fingerprint density at radius 1 is 0.333 bits per heavy atom. The molecule has 0 bridgehead atoms. The third-order valence-electron chi connectivity index (χ3n) is 13.4. The molecule has 0 unspecified atom stereocenters. The molecule has 0 amide bonds. The highest BCUT2D eigenvalue weighted by molar-refractivity contribution is 6.24. The molecule has 2 nitrogen and oxygen atoms in total. The van der Waals surface area contributed by atoms with Crippen molar-refractivity contribution in [3.63, 3.8) is 0 Å². The van der Waals surface area contributed by atoms with Crippen LogP contribution in [0.15, 0.2) is 170 Å². The Morgan fingerprint density at radius 3 is 1.37 bits per heavy atom. The van der Waals surface area contributed by atoms with Gasteiger partial charge in [0.2, 0.25) is 0 Å². The van der Waals surface area contributed by atoms with Crippen molar-refractivity contribution >= 4 is 65.2 Å².